The zero-order valence-corrected chi connectivity index (χ0v) is 14.1. The number of hydrogen-bond acceptors (Lipinski definition) is 4. The summed E-state index contributed by atoms with van der Waals surface area (Å²) in [7, 11) is 0. The molecule has 0 radical (unpaired) electrons. The minimum atomic E-state index is -0.694. The molecule has 6 heteroatoms. The zero-order valence-electron chi connectivity index (χ0n) is 12.5. The van der Waals surface area contributed by atoms with Crippen molar-refractivity contribution in [1.82, 2.24) is 4.90 Å². The van der Waals surface area contributed by atoms with Crippen LogP contribution in [-0.4, -0.2) is 41.8 Å². The van der Waals surface area contributed by atoms with E-state index >= 15 is 0 Å². The van der Waals surface area contributed by atoms with Crippen LogP contribution in [0.4, 0.5) is 0 Å². The Kier molecular flexibility index (Phi) is 4.59. The molecule has 3 rings (SSSR count). The largest absolute Gasteiger partial charge is 0.486 e. The van der Waals surface area contributed by atoms with Gasteiger partial charge < -0.3 is 14.6 Å². The first kappa shape index (κ1) is 15.6. The minimum Gasteiger partial charge on any atom is -0.486 e. The number of hydrogen-bond donors (Lipinski definition) is 1. The van der Waals surface area contributed by atoms with Crippen molar-refractivity contribution in [2.75, 3.05) is 19.8 Å². The number of likely N-dealkylation sites (tertiary alicyclic amines) is 1. The van der Waals surface area contributed by atoms with Gasteiger partial charge in [0.15, 0.2) is 11.5 Å². The number of benzene rings is 1. The van der Waals surface area contributed by atoms with Gasteiger partial charge in [0.05, 0.1) is 10.4 Å². The van der Waals surface area contributed by atoms with Crippen molar-refractivity contribution in [2.24, 2.45) is 5.92 Å². The number of ether oxygens (including phenoxy) is 2. The summed E-state index contributed by atoms with van der Waals surface area (Å²) in [5, 5.41) is 9.24. The number of rotatable bonds is 3. The number of carboxylic acids is 1. The summed E-state index contributed by atoms with van der Waals surface area (Å²) in [5.41, 5.74) is 1.11. The monoisotopic (exact) mass is 369 g/mol. The predicted molar refractivity (Wildman–Crippen MR) is 85.4 cm³/mol. The Morgan fingerprint density at radius 1 is 1.36 bits per heavy atom. The molecule has 0 aliphatic carbocycles. The van der Waals surface area contributed by atoms with E-state index in [-0.39, 0.29) is 5.92 Å². The standard InChI is InChI=1S/C16H20BrNO4/c1-10-2-3-12(16(19)20)9-18(10)8-11-6-13(17)15-14(7-11)21-4-5-22-15/h6-7,10,12H,2-5,8-9H2,1H3,(H,19,20). The SMILES string of the molecule is CC1CCC(C(=O)O)CN1Cc1cc(Br)c2c(c1)OCCO2. The molecule has 0 spiro atoms. The van der Waals surface area contributed by atoms with Crippen molar-refractivity contribution in [3.8, 4) is 11.5 Å². The van der Waals surface area contributed by atoms with Crippen LogP contribution < -0.4 is 9.47 Å². The summed E-state index contributed by atoms with van der Waals surface area (Å²) in [6, 6.07) is 4.42. The molecule has 2 aliphatic rings. The van der Waals surface area contributed by atoms with E-state index < -0.39 is 5.97 Å². The first-order valence-corrected chi connectivity index (χ1v) is 8.38. The topological polar surface area (TPSA) is 59.0 Å². The smallest absolute Gasteiger partial charge is 0.307 e. The third-order valence-corrected chi connectivity index (χ3v) is 4.99. The minimum absolute atomic E-state index is 0.267. The maximum atomic E-state index is 11.2. The Labute approximate surface area is 138 Å². The fourth-order valence-electron chi connectivity index (χ4n) is 3.09. The van der Waals surface area contributed by atoms with Gasteiger partial charge in [-0.1, -0.05) is 0 Å². The second-order valence-electron chi connectivity index (χ2n) is 5.99. The van der Waals surface area contributed by atoms with E-state index in [9.17, 15) is 9.90 Å². The van der Waals surface area contributed by atoms with E-state index in [0.717, 1.165) is 40.9 Å². The molecule has 1 aromatic carbocycles. The van der Waals surface area contributed by atoms with Crippen LogP contribution in [0, 0.1) is 5.92 Å². The third-order valence-electron chi connectivity index (χ3n) is 4.40. The Morgan fingerprint density at radius 2 is 2.14 bits per heavy atom. The third kappa shape index (κ3) is 3.22. The second-order valence-corrected chi connectivity index (χ2v) is 6.85. The molecule has 0 amide bonds. The summed E-state index contributed by atoms with van der Waals surface area (Å²) in [6.45, 7) is 4.60. The highest BCUT2D eigenvalue weighted by atomic mass is 79.9. The maximum absolute atomic E-state index is 11.2. The van der Waals surface area contributed by atoms with Crippen molar-refractivity contribution >= 4 is 21.9 Å². The summed E-state index contributed by atoms with van der Waals surface area (Å²) in [6.07, 6.45) is 1.68. The summed E-state index contributed by atoms with van der Waals surface area (Å²) >= 11 is 3.53. The van der Waals surface area contributed by atoms with Crippen LogP contribution in [0.15, 0.2) is 16.6 Å². The van der Waals surface area contributed by atoms with Gasteiger partial charge in [0.2, 0.25) is 0 Å². The Balaban J connectivity index is 1.77. The summed E-state index contributed by atoms with van der Waals surface area (Å²) in [4.78, 5) is 13.5. The van der Waals surface area contributed by atoms with E-state index in [2.05, 4.69) is 27.8 Å². The lowest BCUT2D eigenvalue weighted by molar-refractivity contribution is -0.144. The quantitative estimate of drug-likeness (QED) is 0.887. The molecular weight excluding hydrogens is 350 g/mol. The predicted octanol–water partition coefficient (Wildman–Crippen LogP) is 2.91. The lowest BCUT2D eigenvalue weighted by Gasteiger charge is -2.36. The van der Waals surface area contributed by atoms with E-state index in [0.29, 0.717) is 25.8 Å². The fourth-order valence-corrected chi connectivity index (χ4v) is 3.70. The van der Waals surface area contributed by atoms with E-state index in [1.54, 1.807) is 0 Å². The lowest BCUT2D eigenvalue weighted by Crippen LogP contribution is -2.43. The van der Waals surface area contributed by atoms with Gasteiger partial charge in [-0.15, -0.1) is 0 Å². The van der Waals surface area contributed by atoms with E-state index in [1.807, 2.05) is 12.1 Å². The van der Waals surface area contributed by atoms with Crippen LogP contribution in [-0.2, 0) is 11.3 Å². The van der Waals surface area contributed by atoms with E-state index in [4.69, 9.17) is 9.47 Å². The molecule has 1 aromatic rings. The van der Waals surface area contributed by atoms with Crippen molar-refractivity contribution in [3.05, 3.63) is 22.2 Å². The number of aliphatic carboxylic acids is 1. The van der Waals surface area contributed by atoms with Gasteiger partial charge in [0, 0.05) is 19.1 Å². The molecule has 1 saturated heterocycles. The normalized spacial score (nSPS) is 25.0. The molecule has 2 unspecified atom stereocenters. The van der Waals surface area contributed by atoms with Gasteiger partial charge in [0.25, 0.3) is 0 Å². The van der Waals surface area contributed by atoms with Crippen molar-refractivity contribution in [2.45, 2.75) is 32.4 Å². The molecule has 1 fully saturated rings. The highest BCUT2D eigenvalue weighted by Crippen LogP contribution is 2.39. The van der Waals surface area contributed by atoms with Crippen LogP contribution in [0.2, 0.25) is 0 Å². The summed E-state index contributed by atoms with van der Waals surface area (Å²) < 4.78 is 12.1. The molecule has 2 heterocycles. The number of piperidine rings is 1. The second kappa shape index (κ2) is 6.46. The molecule has 2 aliphatic heterocycles. The molecule has 120 valence electrons. The van der Waals surface area contributed by atoms with Crippen molar-refractivity contribution in [3.63, 3.8) is 0 Å². The summed E-state index contributed by atoms with van der Waals surface area (Å²) in [5.74, 6) is 0.553. The van der Waals surface area contributed by atoms with E-state index in [1.165, 1.54) is 0 Å². The molecular formula is C16H20BrNO4. The van der Waals surface area contributed by atoms with Gasteiger partial charge in [-0.3, -0.25) is 9.69 Å². The fraction of sp³-hybridized carbons (Fsp3) is 0.562. The Hall–Kier alpha value is -1.27. The van der Waals surface area contributed by atoms with Gasteiger partial charge in [-0.25, -0.2) is 0 Å². The highest BCUT2D eigenvalue weighted by Gasteiger charge is 2.30. The number of carboxylic acid groups (broad SMARTS) is 1. The van der Waals surface area contributed by atoms with Gasteiger partial charge >= 0.3 is 5.97 Å². The Morgan fingerprint density at radius 3 is 2.91 bits per heavy atom. The van der Waals surface area contributed by atoms with Crippen LogP contribution >= 0.6 is 15.9 Å². The first-order valence-electron chi connectivity index (χ1n) is 7.59. The van der Waals surface area contributed by atoms with Crippen LogP contribution in [0.5, 0.6) is 11.5 Å². The molecule has 22 heavy (non-hydrogen) atoms. The molecule has 0 bridgehead atoms. The van der Waals surface area contributed by atoms with Crippen LogP contribution in [0.1, 0.15) is 25.3 Å². The molecule has 0 saturated carbocycles. The number of nitrogens with zero attached hydrogens (tertiary/aromatic N) is 1. The van der Waals surface area contributed by atoms with Crippen LogP contribution in [0.3, 0.4) is 0 Å². The zero-order chi connectivity index (χ0) is 15.7. The Bertz CT molecular complexity index is 578. The molecule has 5 nitrogen and oxygen atoms in total. The number of carbonyl (C=O) groups is 1. The maximum Gasteiger partial charge on any atom is 0.307 e. The average molecular weight is 370 g/mol. The first-order chi connectivity index (χ1) is 10.5. The highest BCUT2D eigenvalue weighted by molar-refractivity contribution is 9.10. The van der Waals surface area contributed by atoms with Gasteiger partial charge in [-0.05, 0) is 53.4 Å². The van der Waals surface area contributed by atoms with Crippen molar-refractivity contribution < 1.29 is 19.4 Å². The molecule has 1 N–H and O–H groups in total. The average Bonchev–Trinajstić information content (AvgIpc) is 2.49. The van der Waals surface area contributed by atoms with Gasteiger partial charge in [0.1, 0.15) is 13.2 Å². The van der Waals surface area contributed by atoms with Gasteiger partial charge in [-0.2, -0.15) is 0 Å². The lowest BCUT2D eigenvalue weighted by atomic mass is 9.93. The van der Waals surface area contributed by atoms with Crippen molar-refractivity contribution in [1.29, 1.82) is 0 Å². The molecule has 0 aromatic heterocycles. The number of fused-ring (bicyclic) bond motifs is 1. The number of halogens is 1. The molecule has 2 atom stereocenters. The van der Waals surface area contributed by atoms with Crippen LogP contribution in [0.25, 0.3) is 0 Å².